The van der Waals surface area contributed by atoms with E-state index in [2.05, 4.69) is 19.9 Å². The Labute approximate surface area is 188 Å². The molecule has 2 aliphatic heterocycles. The number of morpholine rings is 1. The fourth-order valence-electron chi connectivity index (χ4n) is 4.55. The highest BCUT2D eigenvalue weighted by Crippen LogP contribution is 2.31. The van der Waals surface area contributed by atoms with Gasteiger partial charge in [0.15, 0.2) is 22.9 Å². The Bertz CT molecular complexity index is 1110. The van der Waals surface area contributed by atoms with E-state index in [1.54, 1.807) is 6.26 Å². The Balaban J connectivity index is 1.47. The van der Waals surface area contributed by atoms with Crippen molar-refractivity contribution in [3.8, 4) is 0 Å². The van der Waals surface area contributed by atoms with Crippen LogP contribution < -0.4 is 4.90 Å². The molecule has 12 heteroatoms. The maximum atomic E-state index is 13.2. The van der Waals surface area contributed by atoms with Crippen LogP contribution in [0.5, 0.6) is 0 Å². The molecule has 3 aromatic heterocycles. The third-order valence-corrected chi connectivity index (χ3v) is 6.05. The normalized spacial score (nSPS) is 20.6. The SMILES string of the molecule is Cc1nc(CN2CCCC(c3nc(N4CCOCC4)c4ncn(CC(F)(F)F)c4n3)C2)co1. The lowest BCUT2D eigenvalue weighted by atomic mass is 9.97. The van der Waals surface area contributed by atoms with Crippen LogP contribution >= 0.6 is 0 Å². The van der Waals surface area contributed by atoms with Gasteiger partial charge in [0.05, 0.1) is 25.2 Å². The lowest BCUT2D eigenvalue weighted by molar-refractivity contribution is -0.140. The molecule has 2 aliphatic rings. The van der Waals surface area contributed by atoms with Crippen LogP contribution in [0.2, 0.25) is 0 Å². The van der Waals surface area contributed by atoms with Crippen molar-refractivity contribution < 1.29 is 22.3 Å². The lowest BCUT2D eigenvalue weighted by Gasteiger charge is -2.32. The number of likely N-dealkylation sites (tertiary alicyclic amines) is 1. The number of aromatic nitrogens is 5. The van der Waals surface area contributed by atoms with Gasteiger partial charge in [-0.3, -0.25) is 4.90 Å². The number of hydrogen-bond acceptors (Lipinski definition) is 8. The fraction of sp³-hybridized carbons (Fsp3) is 0.619. The number of oxazole rings is 1. The summed E-state index contributed by atoms with van der Waals surface area (Å²) in [5, 5.41) is 0. The summed E-state index contributed by atoms with van der Waals surface area (Å²) in [6.45, 7) is 5.24. The first kappa shape index (κ1) is 22.1. The molecule has 5 rings (SSSR count). The summed E-state index contributed by atoms with van der Waals surface area (Å²) in [4.78, 5) is 22.4. The highest BCUT2D eigenvalue weighted by Gasteiger charge is 2.31. The van der Waals surface area contributed by atoms with E-state index in [4.69, 9.17) is 14.1 Å². The summed E-state index contributed by atoms with van der Waals surface area (Å²) in [6, 6.07) is 0. The predicted octanol–water partition coefficient (Wildman–Crippen LogP) is 2.90. The van der Waals surface area contributed by atoms with Gasteiger partial charge in [-0.1, -0.05) is 0 Å². The van der Waals surface area contributed by atoms with Gasteiger partial charge in [-0.25, -0.2) is 19.9 Å². The second-order valence-corrected chi connectivity index (χ2v) is 8.60. The zero-order chi connectivity index (χ0) is 23.0. The zero-order valence-corrected chi connectivity index (χ0v) is 18.4. The molecule has 0 amide bonds. The van der Waals surface area contributed by atoms with Crippen molar-refractivity contribution in [1.29, 1.82) is 0 Å². The van der Waals surface area contributed by atoms with Gasteiger partial charge in [0, 0.05) is 39.0 Å². The molecule has 0 N–H and O–H groups in total. The number of hydrogen-bond donors (Lipinski definition) is 0. The van der Waals surface area contributed by atoms with Crippen molar-refractivity contribution in [3.05, 3.63) is 30.0 Å². The van der Waals surface area contributed by atoms with E-state index in [1.165, 1.54) is 6.33 Å². The monoisotopic (exact) mass is 465 g/mol. The van der Waals surface area contributed by atoms with Crippen LogP contribution in [0.4, 0.5) is 19.0 Å². The summed E-state index contributed by atoms with van der Waals surface area (Å²) < 4.78 is 51.4. The first-order valence-corrected chi connectivity index (χ1v) is 11.1. The molecule has 9 nitrogen and oxygen atoms in total. The standard InChI is InChI=1S/C21H26F3N7O2/c1-14-26-16(11-33-14)10-29-4-2-3-15(9-29)18-27-19(30-5-7-32-8-6-30)17-20(28-18)31(13-25-17)12-21(22,23)24/h11,13,15H,2-10,12H2,1H3. The van der Waals surface area contributed by atoms with Crippen LogP contribution in [-0.4, -0.2) is 75.0 Å². The quantitative estimate of drug-likeness (QED) is 0.569. The molecule has 3 aromatic rings. The molecule has 0 aliphatic carbocycles. The Morgan fingerprint density at radius 2 is 1.94 bits per heavy atom. The maximum Gasteiger partial charge on any atom is 0.406 e. The third-order valence-electron chi connectivity index (χ3n) is 6.05. The van der Waals surface area contributed by atoms with E-state index < -0.39 is 12.7 Å². The molecule has 1 unspecified atom stereocenters. The summed E-state index contributed by atoms with van der Waals surface area (Å²) in [5.41, 5.74) is 1.49. The van der Waals surface area contributed by atoms with Crippen molar-refractivity contribution in [3.63, 3.8) is 0 Å². The molecular formula is C21H26F3N7O2. The van der Waals surface area contributed by atoms with Crippen LogP contribution in [-0.2, 0) is 17.8 Å². The number of halogens is 3. The van der Waals surface area contributed by atoms with Crippen LogP contribution in [0.25, 0.3) is 11.2 Å². The van der Waals surface area contributed by atoms with Gasteiger partial charge in [0.2, 0.25) is 0 Å². The van der Waals surface area contributed by atoms with E-state index in [0.29, 0.717) is 62.4 Å². The van der Waals surface area contributed by atoms with Crippen LogP contribution in [0.3, 0.4) is 0 Å². The Hall–Kier alpha value is -2.73. The molecule has 0 spiro atoms. The molecule has 0 radical (unpaired) electrons. The second-order valence-electron chi connectivity index (χ2n) is 8.60. The van der Waals surface area contributed by atoms with Gasteiger partial charge in [-0.2, -0.15) is 13.2 Å². The lowest BCUT2D eigenvalue weighted by Crippen LogP contribution is -2.38. The summed E-state index contributed by atoms with van der Waals surface area (Å²) in [6.07, 6.45) is 0.316. The van der Waals surface area contributed by atoms with E-state index in [1.807, 2.05) is 11.8 Å². The van der Waals surface area contributed by atoms with E-state index >= 15 is 0 Å². The largest absolute Gasteiger partial charge is 0.449 e. The number of piperidine rings is 1. The molecule has 0 bridgehead atoms. The maximum absolute atomic E-state index is 13.2. The van der Waals surface area contributed by atoms with Crippen LogP contribution in [0, 0.1) is 6.92 Å². The average Bonchev–Trinajstić information content (AvgIpc) is 3.38. The predicted molar refractivity (Wildman–Crippen MR) is 113 cm³/mol. The molecule has 2 saturated heterocycles. The van der Waals surface area contributed by atoms with Crippen molar-refractivity contribution in [1.82, 2.24) is 29.4 Å². The zero-order valence-electron chi connectivity index (χ0n) is 18.4. The average molecular weight is 465 g/mol. The number of anilines is 1. The molecule has 33 heavy (non-hydrogen) atoms. The summed E-state index contributed by atoms with van der Waals surface area (Å²) in [5.74, 6) is 1.78. The van der Waals surface area contributed by atoms with Crippen LogP contribution in [0.1, 0.15) is 36.2 Å². The van der Waals surface area contributed by atoms with Gasteiger partial charge in [-0.15, -0.1) is 0 Å². The van der Waals surface area contributed by atoms with E-state index in [9.17, 15) is 13.2 Å². The number of fused-ring (bicyclic) bond motifs is 1. The van der Waals surface area contributed by atoms with Gasteiger partial charge in [0.1, 0.15) is 18.6 Å². The van der Waals surface area contributed by atoms with Crippen molar-refractivity contribution >= 4 is 17.0 Å². The number of imidazole rings is 1. The third kappa shape index (κ3) is 4.96. The Morgan fingerprint density at radius 3 is 2.67 bits per heavy atom. The molecule has 5 heterocycles. The summed E-state index contributed by atoms with van der Waals surface area (Å²) >= 11 is 0. The molecule has 0 aromatic carbocycles. The number of aryl methyl sites for hydroxylation is 1. The highest BCUT2D eigenvalue weighted by molar-refractivity contribution is 5.83. The smallest absolute Gasteiger partial charge is 0.406 e. The number of nitrogens with zero attached hydrogens (tertiary/aromatic N) is 7. The van der Waals surface area contributed by atoms with E-state index in [-0.39, 0.29) is 11.6 Å². The topological polar surface area (TPSA) is 85.3 Å². The van der Waals surface area contributed by atoms with Crippen molar-refractivity contribution in [2.24, 2.45) is 0 Å². The number of rotatable bonds is 5. The van der Waals surface area contributed by atoms with Crippen LogP contribution in [0.15, 0.2) is 17.0 Å². The van der Waals surface area contributed by atoms with Gasteiger partial charge < -0.3 is 18.6 Å². The molecule has 2 fully saturated rings. The minimum Gasteiger partial charge on any atom is -0.449 e. The Morgan fingerprint density at radius 1 is 1.12 bits per heavy atom. The second kappa shape index (κ2) is 8.90. The van der Waals surface area contributed by atoms with Crippen molar-refractivity contribution in [2.45, 2.75) is 44.9 Å². The fourth-order valence-corrected chi connectivity index (χ4v) is 4.55. The highest BCUT2D eigenvalue weighted by atomic mass is 19.4. The van der Waals surface area contributed by atoms with Crippen molar-refractivity contribution in [2.75, 3.05) is 44.3 Å². The molecule has 0 saturated carbocycles. The van der Waals surface area contributed by atoms with Gasteiger partial charge in [0.25, 0.3) is 0 Å². The van der Waals surface area contributed by atoms with E-state index in [0.717, 1.165) is 29.6 Å². The summed E-state index contributed by atoms with van der Waals surface area (Å²) in [7, 11) is 0. The Kier molecular flexibility index (Phi) is 5.95. The molecular weight excluding hydrogens is 439 g/mol. The van der Waals surface area contributed by atoms with Gasteiger partial charge >= 0.3 is 6.18 Å². The number of alkyl halides is 3. The molecule has 178 valence electrons. The number of ether oxygens (including phenoxy) is 1. The van der Waals surface area contributed by atoms with Gasteiger partial charge in [-0.05, 0) is 19.4 Å². The first-order valence-electron chi connectivity index (χ1n) is 11.1. The minimum atomic E-state index is -4.37. The molecule has 1 atom stereocenters. The first-order chi connectivity index (χ1) is 15.9. The minimum absolute atomic E-state index is 0.00479.